The zero-order valence-electron chi connectivity index (χ0n) is 9.01. The van der Waals surface area contributed by atoms with Crippen LogP contribution in [0.15, 0.2) is 29.6 Å². The highest BCUT2D eigenvalue weighted by Gasteiger charge is 2.04. The van der Waals surface area contributed by atoms with E-state index in [1.807, 2.05) is 18.2 Å². The Balaban J connectivity index is 2.32. The number of ether oxygens (including phenoxy) is 1. The van der Waals surface area contributed by atoms with Gasteiger partial charge in [-0.25, -0.2) is 9.97 Å². The maximum Gasteiger partial charge on any atom is 0.117 e. The van der Waals surface area contributed by atoms with Crippen molar-refractivity contribution in [1.82, 2.24) is 9.97 Å². The Kier molecular flexibility index (Phi) is 3.58. The number of hydrogen-bond acceptors (Lipinski definition) is 5. The van der Waals surface area contributed by atoms with E-state index in [9.17, 15) is 0 Å². The summed E-state index contributed by atoms with van der Waals surface area (Å²) in [4.78, 5) is 8.46. The van der Waals surface area contributed by atoms with Gasteiger partial charge in [-0.2, -0.15) is 0 Å². The van der Waals surface area contributed by atoms with E-state index in [0.29, 0.717) is 6.61 Å². The first kappa shape index (κ1) is 11.2. The van der Waals surface area contributed by atoms with Gasteiger partial charge in [-0.15, -0.1) is 11.8 Å². The lowest BCUT2D eigenvalue weighted by Crippen LogP contribution is -1.94. The Morgan fingerprint density at radius 2 is 2.25 bits per heavy atom. The number of methoxy groups -OCH3 is 1. The topological polar surface area (TPSA) is 61.0 Å². The summed E-state index contributed by atoms with van der Waals surface area (Å²) in [5, 5.41) is 1.96. The highest BCUT2D eigenvalue weighted by molar-refractivity contribution is 7.99. The molecule has 0 fully saturated rings. The molecule has 0 bridgehead atoms. The van der Waals surface area contributed by atoms with Gasteiger partial charge in [0.15, 0.2) is 0 Å². The maximum absolute atomic E-state index is 5.76. The fraction of sp³-hybridized carbons (Fsp3) is 0.273. The molecule has 0 unspecified atom stereocenters. The van der Waals surface area contributed by atoms with E-state index in [-0.39, 0.29) is 0 Å². The predicted octanol–water partition coefficient (Wildman–Crippen LogP) is 1.95. The predicted molar refractivity (Wildman–Crippen MR) is 66.6 cm³/mol. The minimum Gasteiger partial charge on any atom is -0.399 e. The molecule has 1 heterocycles. The molecule has 0 radical (unpaired) electrons. The first-order chi connectivity index (χ1) is 7.81. The van der Waals surface area contributed by atoms with E-state index in [1.54, 1.807) is 25.2 Å². The summed E-state index contributed by atoms with van der Waals surface area (Å²) in [6.45, 7) is 0.707. The average Bonchev–Trinajstić information content (AvgIpc) is 2.30. The van der Waals surface area contributed by atoms with Crippen molar-refractivity contribution >= 4 is 28.4 Å². The maximum atomic E-state index is 5.76. The molecular formula is C11H13N3OS. The number of hydrogen-bond donors (Lipinski definition) is 1. The number of aromatic nitrogens is 2. The molecule has 16 heavy (non-hydrogen) atoms. The van der Waals surface area contributed by atoms with Gasteiger partial charge in [0.05, 0.1) is 12.1 Å². The molecule has 84 valence electrons. The van der Waals surface area contributed by atoms with Gasteiger partial charge < -0.3 is 10.5 Å². The standard InChI is InChI=1S/C11H13N3OS/c1-15-4-5-16-11-9-6-8(12)2-3-10(9)13-7-14-11/h2-3,6-7H,4-5,12H2,1H3. The van der Waals surface area contributed by atoms with Crippen molar-refractivity contribution in [2.75, 3.05) is 25.2 Å². The molecule has 1 aromatic heterocycles. The number of nitrogens with zero attached hydrogens (tertiary/aromatic N) is 2. The lowest BCUT2D eigenvalue weighted by atomic mass is 10.2. The highest BCUT2D eigenvalue weighted by Crippen LogP contribution is 2.25. The molecule has 0 aliphatic heterocycles. The zero-order chi connectivity index (χ0) is 11.4. The number of rotatable bonds is 4. The Morgan fingerprint density at radius 1 is 1.38 bits per heavy atom. The van der Waals surface area contributed by atoms with Gasteiger partial charge in [-0.1, -0.05) is 0 Å². The number of nitrogens with two attached hydrogens (primary N) is 1. The first-order valence-electron chi connectivity index (χ1n) is 4.93. The lowest BCUT2D eigenvalue weighted by Gasteiger charge is -2.04. The molecule has 5 heteroatoms. The van der Waals surface area contributed by atoms with Crippen molar-refractivity contribution in [1.29, 1.82) is 0 Å². The van der Waals surface area contributed by atoms with Crippen molar-refractivity contribution in [3.63, 3.8) is 0 Å². The van der Waals surface area contributed by atoms with Crippen LogP contribution in [0, 0.1) is 0 Å². The largest absolute Gasteiger partial charge is 0.399 e. The summed E-state index contributed by atoms with van der Waals surface area (Å²) >= 11 is 1.65. The van der Waals surface area contributed by atoms with Crippen LogP contribution in [0.1, 0.15) is 0 Å². The molecule has 2 rings (SSSR count). The normalized spacial score (nSPS) is 10.8. The minimum absolute atomic E-state index is 0.707. The molecule has 1 aromatic carbocycles. The van der Waals surface area contributed by atoms with Gasteiger partial charge in [0.1, 0.15) is 11.4 Å². The molecule has 2 aromatic rings. The van der Waals surface area contributed by atoms with Crippen LogP contribution in [0.5, 0.6) is 0 Å². The summed E-state index contributed by atoms with van der Waals surface area (Å²) in [6.07, 6.45) is 1.58. The fourth-order valence-electron chi connectivity index (χ4n) is 1.39. The van der Waals surface area contributed by atoms with Crippen molar-refractivity contribution < 1.29 is 4.74 Å². The molecule has 2 N–H and O–H groups in total. The van der Waals surface area contributed by atoms with Gasteiger partial charge in [-0.3, -0.25) is 0 Å². The SMILES string of the molecule is COCCSc1ncnc2ccc(N)cc12. The number of benzene rings is 1. The highest BCUT2D eigenvalue weighted by atomic mass is 32.2. The van der Waals surface area contributed by atoms with Crippen LogP contribution < -0.4 is 5.73 Å². The molecule has 0 aliphatic rings. The molecular weight excluding hydrogens is 222 g/mol. The summed E-state index contributed by atoms with van der Waals surface area (Å²) in [6, 6.07) is 5.66. The van der Waals surface area contributed by atoms with Crippen LogP contribution in [0.4, 0.5) is 5.69 Å². The van der Waals surface area contributed by atoms with E-state index < -0.39 is 0 Å². The third kappa shape index (κ3) is 2.43. The smallest absolute Gasteiger partial charge is 0.117 e. The third-order valence-electron chi connectivity index (χ3n) is 2.15. The van der Waals surface area contributed by atoms with Crippen molar-refractivity contribution in [3.05, 3.63) is 24.5 Å². The fourth-order valence-corrected chi connectivity index (χ4v) is 2.27. The number of fused-ring (bicyclic) bond motifs is 1. The zero-order valence-corrected chi connectivity index (χ0v) is 9.83. The van der Waals surface area contributed by atoms with E-state index in [1.165, 1.54) is 0 Å². The molecule has 4 nitrogen and oxygen atoms in total. The van der Waals surface area contributed by atoms with Gasteiger partial charge in [0, 0.05) is 23.9 Å². The number of nitrogen functional groups attached to an aromatic ring is 1. The van der Waals surface area contributed by atoms with Crippen LogP contribution in [0.25, 0.3) is 10.9 Å². The van der Waals surface area contributed by atoms with E-state index in [0.717, 1.165) is 27.4 Å². The average molecular weight is 235 g/mol. The number of anilines is 1. The summed E-state index contributed by atoms with van der Waals surface area (Å²) in [5.74, 6) is 0.872. The van der Waals surface area contributed by atoms with Gasteiger partial charge in [0.2, 0.25) is 0 Å². The number of thioether (sulfide) groups is 1. The minimum atomic E-state index is 0.707. The van der Waals surface area contributed by atoms with Gasteiger partial charge in [0.25, 0.3) is 0 Å². The Labute approximate surface area is 98.2 Å². The van der Waals surface area contributed by atoms with Crippen LogP contribution >= 0.6 is 11.8 Å². The molecule has 0 amide bonds. The second-order valence-electron chi connectivity index (χ2n) is 3.30. The summed E-state index contributed by atoms with van der Waals surface area (Å²) in [7, 11) is 1.69. The summed E-state index contributed by atoms with van der Waals surface area (Å²) in [5.41, 5.74) is 7.41. The molecule has 0 saturated carbocycles. The van der Waals surface area contributed by atoms with E-state index in [4.69, 9.17) is 10.5 Å². The molecule has 0 saturated heterocycles. The summed E-state index contributed by atoms with van der Waals surface area (Å²) < 4.78 is 5.01. The van der Waals surface area contributed by atoms with E-state index in [2.05, 4.69) is 9.97 Å². The van der Waals surface area contributed by atoms with Crippen LogP contribution in [0.3, 0.4) is 0 Å². The van der Waals surface area contributed by atoms with Gasteiger partial charge in [-0.05, 0) is 18.2 Å². The second-order valence-corrected chi connectivity index (χ2v) is 4.38. The van der Waals surface area contributed by atoms with Crippen LogP contribution in [0.2, 0.25) is 0 Å². The van der Waals surface area contributed by atoms with Crippen molar-refractivity contribution in [2.24, 2.45) is 0 Å². The molecule has 0 spiro atoms. The van der Waals surface area contributed by atoms with E-state index >= 15 is 0 Å². The Morgan fingerprint density at radius 3 is 3.06 bits per heavy atom. The quantitative estimate of drug-likeness (QED) is 0.380. The molecule has 0 aliphatic carbocycles. The lowest BCUT2D eigenvalue weighted by molar-refractivity contribution is 0.218. The Bertz CT molecular complexity index is 490. The Hall–Kier alpha value is -1.33. The van der Waals surface area contributed by atoms with Crippen LogP contribution in [-0.2, 0) is 4.74 Å². The van der Waals surface area contributed by atoms with Crippen molar-refractivity contribution in [3.8, 4) is 0 Å². The van der Waals surface area contributed by atoms with Crippen molar-refractivity contribution in [2.45, 2.75) is 5.03 Å². The monoisotopic (exact) mass is 235 g/mol. The van der Waals surface area contributed by atoms with Gasteiger partial charge >= 0.3 is 0 Å². The van der Waals surface area contributed by atoms with Crippen LogP contribution in [-0.4, -0.2) is 29.4 Å². The molecule has 0 atom stereocenters. The first-order valence-corrected chi connectivity index (χ1v) is 5.92. The second kappa shape index (κ2) is 5.14. The third-order valence-corrected chi connectivity index (χ3v) is 3.12.